The first-order valence-electron chi connectivity index (χ1n) is 12.5. The highest BCUT2D eigenvalue weighted by molar-refractivity contribution is 7.19. The van der Waals surface area contributed by atoms with Crippen LogP contribution in [-0.2, 0) is 17.8 Å². The molecule has 188 valence electrons. The van der Waals surface area contributed by atoms with Crippen molar-refractivity contribution in [3.05, 3.63) is 41.6 Å². The molecule has 2 fully saturated rings. The van der Waals surface area contributed by atoms with Crippen LogP contribution in [0.1, 0.15) is 23.5 Å². The Labute approximate surface area is 214 Å². The number of imidazole rings is 1. The molecule has 6 rings (SSSR count). The van der Waals surface area contributed by atoms with Crippen molar-refractivity contribution in [1.82, 2.24) is 34.4 Å². The molecule has 0 atom stereocenters. The number of nitrogen functional groups attached to an aromatic ring is 1. The van der Waals surface area contributed by atoms with Crippen molar-refractivity contribution in [3.8, 4) is 11.4 Å². The normalized spacial score (nSPS) is 17.8. The first-order chi connectivity index (χ1) is 17.6. The summed E-state index contributed by atoms with van der Waals surface area (Å²) in [5.41, 5.74) is 7.43. The quantitative estimate of drug-likeness (QED) is 0.423. The van der Waals surface area contributed by atoms with E-state index in [9.17, 15) is 0 Å². The lowest BCUT2D eigenvalue weighted by Crippen LogP contribution is -2.36. The molecule has 0 amide bonds. The summed E-state index contributed by atoms with van der Waals surface area (Å²) in [7, 11) is 0. The van der Waals surface area contributed by atoms with E-state index in [0.717, 1.165) is 66.7 Å². The predicted octanol–water partition coefficient (Wildman–Crippen LogP) is 2.98. The Bertz CT molecular complexity index is 1320. The van der Waals surface area contributed by atoms with Gasteiger partial charge in [0.25, 0.3) is 0 Å². The number of thiophene rings is 1. The third kappa shape index (κ3) is 4.91. The number of likely N-dealkylation sites (tertiary alicyclic amines) is 1. The van der Waals surface area contributed by atoms with Gasteiger partial charge in [0.1, 0.15) is 5.82 Å². The van der Waals surface area contributed by atoms with Gasteiger partial charge in [-0.05, 0) is 44.8 Å². The van der Waals surface area contributed by atoms with Gasteiger partial charge in [-0.3, -0.25) is 4.90 Å². The Morgan fingerprint density at radius 3 is 2.56 bits per heavy atom. The minimum atomic E-state index is 0.245. The van der Waals surface area contributed by atoms with E-state index in [4.69, 9.17) is 20.4 Å². The highest BCUT2D eigenvalue weighted by Gasteiger charge is 2.23. The number of fused-ring (bicyclic) bond motifs is 1. The van der Waals surface area contributed by atoms with Crippen LogP contribution in [0, 0.1) is 12.8 Å². The van der Waals surface area contributed by atoms with Gasteiger partial charge in [-0.25, -0.2) is 24.9 Å². The van der Waals surface area contributed by atoms with Crippen LogP contribution in [0.4, 0.5) is 11.8 Å². The molecular formula is C25H31N9OS. The molecule has 2 saturated heterocycles. The van der Waals surface area contributed by atoms with Gasteiger partial charge < -0.3 is 19.9 Å². The van der Waals surface area contributed by atoms with Gasteiger partial charge in [0.05, 0.1) is 29.0 Å². The number of hydrogen-bond acceptors (Lipinski definition) is 10. The van der Waals surface area contributed by atoms with Crippen LogP contribution in [-0.4, -0.2) is 73.8 Å². The molecule has 2 N–H and O–H groups in total. The van der Waals surface area contributed by atoms with Gasteiger partial charge in [0.2, 0.25) is 5.95 Å². The van der Waals surface area contributed by atoms with Crippen molar-refractivity contribution in [2.75, 3.05) is 50.0 Å². The van der Waals surface area contributed by atoms with E-state index >= 15 is 0 Å². The van der Waals surface area contributed by atoms with Crippen LogP contribution >= 0.6 is 11.3 Å². The van der Waals surface area contributed by atoms with Crippen molar-refractivity contribution in [2.24, 2.45) is 5.92 Å². The average Bonchev–Trinajstić information content (AvgIpc) is 3.50. The number of ether oxygens (including phenoxy) is 1. The highest BCUT2D eigenvalue weighted by atomic mass is 32.1. The molecule has 0 aliphatic carbocycles. The second-order valence-electron chi connectivity index (χ2n) is 9.57. The maximum atomic E-state index is 5.69. The zero-order valence-corrected chi connectivity index (χ0v) is 21.3. The Hall–Kier alpha value is -3.15. The lowest BCUT2D eigenvalue weighted by atomic mass is 9.96. The number of nitrogens with zero attached hydrogens (tertiary/aromatic N) is 8. The molecular weight excluding hydrogens is 474 g/mol. The van der Waals surface area contributed by atoms with E-state index in [1.165, 1.54) is 17.7 Å². The number of aromatic nitrogens is 6. The lowest BCUT2D eigenvalue weighted by Gasteiger charge is -2.32. The summed E-state index contributed by atoms with van der Waals surface area (Å²) in [6.07, 6.45) is 9.79. The van der Waals surface area contributed by atoms with Crippen LogP contribution in [0.2, 0.25) is 0 Å². The third-order valence-corrected chi connectivity index (χ3v) is 8.22. The molecule has 4 aromatic rings. The fourth-order valence-corrected chi connectivity index (χ4v) is 6.19. The number of rotatable bonds is 6. The van der Waals surface area contributed by atoms with Crippen LogP contribution in [0.15, 0.2) is 30.9 Å². The molecule has 4 aromatic heterocycles. The van der Waals surface area contributed by atoms with E-state index in [1.807, 2.05) is 17.5 Å². The van der Waals surface area contributed by atoms with Gasteiger partial charge in [-0.2, -0.15) is 0 Å². The zero-order valence-electron chi connectivity index (χ0n) is 20.5. The molecule has 0 aromatic carbocycles. The van der Waals surface area contributed by atoms with Gasteiger partial charge >= 0.3 is 0 Å². The van der Waals surface area contributed by atoms with Crippen LogP contribution in [0.5, 0.6) is 0 Å². The maximum absolute atomic E-state index is 5.69. The number of hydrogen-bond donors (Lipinski definition) is 1. The standard InChI is InChI=1S/C25H31N9OS/c1-17-27-4-7-34(17)15-18-2-5-32(6-3-18)16-20-12-21-22(36-20)24(33-8-10-35-11-9-33)31-23(30-21)19-13-28-25(26)29-14-19/h4,7,12-14,18H,2-3,5-6,8-11,15-16H2,1H3,(H2,26,28,29). The van der Waals surface area contributed by atoms with Crippen LogP contribution < -0.4 is 10.6 Å². The lowest BCUT2D eigenvalue weighted by molar-refractivity contribution is 0.122. The summed E-state index contributed by atoms with van der Waals surface area (Å²) < 4.78 is 9.00. The zero-order chi connectivity index (χ0) is 24.5. The molecule has 2 aliphatic rings. The van der Waals surface area contributed by atoms with Crippen molar-refractivity contribution >= 4 is 33.3 Å². The second kappa shape index (κ2) is 10.1. The molecule has 2 aliphatic heterocycles. The van der Waals surface area contributed by atoms with E-state index in [-0.39, 0.29) is 5.95 Å². The summed E-state index contributed by atoms with van der Waals surface area (Å²) in [5.74, 6) is 3.66. The summed E-state index contributed by atoms with van der Waals surface area (Å²) in [5, 5.41) is 0. The van der Waals surface area contributed by atoms with Gasteiger partial charge in [-0.15, -0.1) is 11.3 Å². The minimum Gasteiger partial charge on any atom is -0.378 e. The first-order valence-corrected chi connectivity index (χ1v) is 13.3. The Balaban J connectivity index is 1.22. The fourth-order valence-electron chi connectivity index (χ4n) is 5.04. The first kappa shape index (κ1) is 23.3. The Morgan fingerprint density at radius 1 is 1.06 bits per heavy atom. The van der Waals surface area contributed by atoms with E-state index in [2.05, 4.69) is 48.5 Å². The van der Waals surface area contributed by atoms with Crippen LogP contribution in [0.3, 0.4) is 0 Å². The predicted molar refractivity (Wildman–Crippen MR) is 141 cm³/mol. The van der Waals surface area contributed by atoms with E-state index in [0.29, 0.717) is 25.0 Å². The van der Waals surface area contributed by atoms with Crippen molar-refractivity contribution in [3.63, 3.8) is 0 Å². The molecule has 10 nitrogen and oxygen atoms in total. The Kier molecular flexibility index (Phi) is 6.51. The number of anilines is 2. The van der Waals surface area contributed by atoms with Crippen molar-refractivity contribution in [2.45, 2.75) is 32.9 Å². The molecule has 36 heavy (non-hydrogen) atoms. The van der Waals surface area contributed by atoms with E-state index < -0.39 is 0 Å². The highest BCUT2D eigenvalue weighted by Crippen LogP contribution is 2.35. The molecule has 6 heterocycles. The minimum absolute atomic E-state index is 0.245. The number of nitrogens with two attached hydrogens (primary N) is 1. The molecule has 11 heteroatoms. The SMILES string of the molecule is Cc1nccn1CC1CCN(Cc2cc3nc(-c4cnc(N)nc4)nc(N4CCOCC4)c3s2)CC1. The van der Waals surface area contributed by atoms with Crippen molar-refractivity contribution in [1.29, 1.82) is 0 Å². The molecule has 0 saturated carbocycles. The van der Waals surface area contributed by atoms with E-state index in [1.54, 1.807) is 12.4 Å². The monoisotopic (exact) mass is 505 g/mol. The van der Waals surface area contributed by atoms with Gasteiger partial charge in [0.15, 0.2) is 11.6 Å². The number of morpholine rings is 1. The van der Waals surface area contributed by atoms with Crippen LogP contribution in [0.25, 0.3) is 21.6 Å². The summed E-state index contributed by atoms with van der Waals surface area (Å²) >= 11 is 1.81. The largest absolute Gasteiger partial charge is 0.378 e. The third-order valence-electron chi connectivity index (χ3n) is 7.11. The Morgan fingerprint density at radius 2 is 1.83 bits per heavy atom. The molecule has 0 unspecified atom stereocenters. The number of aryl methyl sites for hydroxylation is 1. The summed E-state index contributed by atoms with van der Waals surface area (Å²) in [4.78, 5) is 28.7. The topological polar surface area (TPSA) is 111 Å². The molecule has 0 bridgehead atoms. The molecule has 0 spiro atoms. The average molecular weight is 506 g/mol. The fraction of sp³-hybridized carbons (Fsp3) is 0.480. The summed E-state index contributed by atoms with van der Waals surface area (Å²) in [6.45, 7) is 9.37. The number of piperidine rings is 1. The second-order valence-corrected chi connectivity index (χ2v) is 10.7. The van der Waals surface area contributed by atoms with Crippen molar-refractivity contribution < 1.29 is 4.74 Å². The molecule has 0 radical (unpaired) electrons. The smallest absolute Gasteiger partial charge is 0.219 e. The summed E-state index contributed by atoms with van der Waals surface area (Å²) in [6, 6.07) is 2.23. The maximum Gasteiger partial charge on any atom is 0.219 e. The van der Waals surface area contributed by atoms with Gasteiger partial charge in [-0.1, -0.05) is 0 Å². The van der Waals surface area contributed by atoms with Gasteiger partial charge in [0, 0.05) is 55.8 Å².